The lowest BCUT2D eigenvalue weighted by molar-refractivity contribution is 0.153. The second kappa shape index (κ2) is 7.12. The standard InChI is InChI=1S/C13H20O3/c1-3-6-11(9-14)10-16-13-8-5-4-7-12(13)15-2/h4-5,7-8,11,14H,3,6,9-10H2,1-2H3. The number of aliphatic hydroxyl groups is 1. The van der Waals surface area contributed by atoms with Gasteiger partial charge in [0.2, 0.25) is 0 Å². The van der Waals surface area contributed by atoms with Gasteiger partial charge in [0.05, 0.1) is 13.7 Å². The Bertz CT molecular complexity index is 299. The summed E-state index contributed by atoms with van der Waals surface area (Å²) in [4.78, 5) is 0. The first kappa shape index (κ1) is 12.8. The van der Waals surface area contributed by atoms with Gasteiger partial charge in [0.1, 0.15) is 0 Å². The summed E-state index contributed by atoms with van der Waals surface area (Å²) in [6.07, 6.45) is 2.03. The summed E-state index contributed by atoms with van der Waals surface area (Å²) < 4.78 is 10.8. The Kier molecular flexibility index (Phi) is 5.72. The molecule has 0 amide bonds. The van der Waals surface area contributed by atoms with Crippen LogP contribution in [0.15, 0.2) is 24.3 Å². The van der Waals surface area contributed by atoms with E-state index in [0.29, 0.717) is 6.61 Å². The van der Waals surface area contributed by atoms with Gasteiger partial charge in [-0.25, -0.2) is 0 Å². The van der Waals surface area contributed by atoms with Crippen LogP contribution in [0.25, 0.3) is 0 Å². The SMILES string of the molecule is CCCC(CO)COc1ccccc1OC. The van der Waals surface area contributed by atoms with Crippen molar-refractivity contribution in [3.63, 3.8) is 0 Å². The molecule has 3 heteroatoms. The van der Waals surface area contributed by atoms with E-state index in [9.17, 15) is 0 Å². The van der Waals surface area contributed by atoms with Gasteiger partial charge in [-0.2, -0.15) is 0 Å². The monoisotopic (exact) mass is 224 g/mol. The Hall–Kier alpha value is -1.22. The Morgan fingerprint density at radius 1 is 1.25 bits per heavy atom. The molecule has 3 nitrogen and oxygen atoms in total. The van der Waals surface area contributed by atoms with Crippen molar-refractivity contribution in [2.24, 2.45) is 5.92 Å². The first-order valence-electron chi connectivity index (χ1n) is 5.68. The molecule has 0 aliphatic heterocycles. The van der Waals surface area contributed by atoms with Crippen LogP contribution in [0.5, 0.6) is 11.5 Å². The lowest BCUT2D eigenvalue weighted by Gasteiger charge is -2.15. The summed E-state index contributed by atoms with van der Waals surface area (Å²) >= 11 is 0. The molecule has 1 rings (SSSR count). The van der Waals surface area contributed by atoms with E-state index in [1.807, 2.05) is 24.3 Å². The predicted octanol–water partition coefficient (Wildman–Crippen LogP) is 2.48. The molecule has 0 saturated heterocycles. The highest BCUT2D eigenvalue weighted by molar-refractivity contribution is 5.39. The highest BCUT2D eigenvalue weighted by Gasteiger charge is 2.09. The van der Waals surface area contributed by atoms with Crippen LogP contribution in [-0.4, -0.2) is 25.4 Å². The lowest BCUT2D eigenvalue weighted by Crippen LogP contribution is -2.16. The number of ether oxygens (including phenoxy) is 2. The molecule has 0 fully saturated rings. The summed E-state index contributed by atoms with van der Waals surface area (Å²) in [5.41, 5.74) is 0. The van der Waals surface area contributed by atoms with Crippen molar-refractivity contribution in [1.82, 2.24) is 0 Å². The first-order chi connectivity index (χ1) is 7.81. The van der Waals surface area contributed by atoms with Gasteiger partial charge in [0.25, 0.3) is 0 Å². The molecule has 1 aromatic rings. The average Bonchev–Trinajstić information content (AvgIpc) is 2.34. The molecule has 0 radical (unpaired) electrons. The summed E-state index contributed by atoms with van der Waals surface area (Å²) in [5, 5.41) is 9.15. The Labute approximate surface area is 97.0 Å². The van der Waals surface area contributed by atoms with Crippen molar-refractivity contribution in [2.75, 3.05) is 20.3 Å². The third kappa shape index (κ3) is 3.74. The molecule has 0 aliphatic rings. The molecule has 0 aliphatic carbocycles. The molecule has 0 heterocycles. The van der Waals surface area contributed by atoms with E-state index in [2.05, 4.69) is 6.92 Å². The fourth-order valence-electron chi connectivity index (χ4n) is 1.58. The van der Waals surface area contributed by atoms with E-state index < -0.39 is 0 Å². The predicted molar refractivity (Wildman–Crippen MR) is 64.0 cm³/mol. The van der Waals surface area contributed by atoms with Crippen molar-refractivity contribution in [1.29, 1.82) is 0 Å². The van der Waals surface area contributed by atoms with Crippen molar-refractivity contribution in [2.45, 2.75) is 19.8 Å². The zero-order chi connectivity index (χ0) is 11.8. The van der Waals surface area contributed by atoms with Gasteiger partial charge in [-0.3, -0.25) is 0 Å². The highest BCUT2D eigenvalue weighted by Crippen LogP contribution is 2.26. The molecule has 0 aromatic heterocycles. The maximum Gasteiger partial charge on any atom is 0.161 e. The van der Waals surface area contributed by atoms with Crippen LogP contribution in [0.2, 0.25) is 0 Å². The van der Waals surface area contributed by atoms with E-state index >= 15 is 0 Å². The van der Waals surface area contributed by atoms with E-state index in [1.54, 1.807) is 7.11 Å². The van der Waals surface area contributed by atoms with Crippen LogP contribution < -0.4 is 9.47 Å². The molecule has 1 aromatic carbocycles. The zero-order valence-corrected chi connectivity index (χ0v) is 9.98. The number of para-hydroxylation sites is 2. The largest absolute Gasteiger partial charge is 0.493 e. The minimum atomic E-state index is 0.170. The number of aliphatic hydroxyl groups excluding tert-OH is 1. The molecule has 0 bridgehead atoms. The molecule has 16 heavy (non-hydrogen) atoms. The quantitative estimate of drug-likeness (QED) is 0.773. The van der Waals surface area contributed by atoms with Crippen molar-refractivity contribution < 1.29 is 14.6 Å². The van der Waals surface area contributed by atoms with Gasteiger partial charge in [-0.15, -0.1) is 0 Å². The highest BCUT2D eigenvalue weighted by atomic mass is 16.5. The Morgan fingerprint density at radius 3 is 2.50 bits per heavy atom. The second-order valence-electron chi connectivity index (χ2n) is 3.80. The van der Waals surface area contributed by atoms with Crippen molar-refractivity contribution in [3.8, 4) is 11.5 Å². The van der Waals surface area contributed by atoms with Crippen LogP contribution >= 0.6 is 0 Å². The Balaban J connectivity index is 2.52. The Morgan fingerprint density at radius 2 is 1.94 bits per heavy atom. The number of methoxy groups -OCH3 is 1. The summed E-state index contributed by atoms with van der Waals surface area (Å²) in [6.45, 7) is 2.81. The maximum atomic E-state index is 9.15. The third-order valence-corrected chi connectivity index (χ3v) is 2.50. The van der Waals surface area contributed by atoms with Gasteiger partial charge in [-0.05, 0) is 18.6 Å². The minimum Gasteiger partial charge on any atom is -0.493 e. The first-order valence-corrected chi connectivity index (χ1v) is 5.68. The van der Waals surface area contributed by atoms with E-state index in [-0.39, 0.29) is 12.5 Å². The fraction of sp³-hybridized carbons (Fsp3) is 0.538. The molecular formula is C13H20O3. The lowest BCUT2D eigenvalue weighted by atomic mass is 10.1. The van der Waals surface area contributed by atoms with Gasteiger partial charge in [0, 0.05) is 12.5 Å². The van der Waals surface area contributed by atoms with Gasteiger partial charge in [0.15, 0.2) is 11.5 Å². The van der Waals surface area contributed by atoms with E-state index in [4.69, 9.17) is 14.6 Å². The van der Waals surface area contributed by atoms with Crippen molar-refractivity contribution >= 4 is 0 Å². The third-order valence-electron chi connectivity index (χ3n) is 2.50. The molecule has 1 N–H and O–H groups in total. The molecule has 0 saturated carbocycles. The molecule has 90 valence electrons. The maximum absolute atomic E-state index is 9.15. The van der Waals surface area contributed by atoms with Crippen LogP contribution in [0.4, 0.5) is 0 Å². The number of benzene rings is 1. The minimum absolute atomic E-state index is 0.170. The van der Waals surface area contributed by atoms with Gasteiger partial charge >= 0.3 is 0 Å². The molecular weight excluding hydrogens is 204 g/mol. The van der Waals surface area contributed by atoms with Crippen LogP contribution in [0, 0.1) is 5.92 Å². The smallest absolute Gasteiger partial charge is 0.161 e. The zero-order valence-electron chi connectivity index (χ0n) is 9.98. The topological polar surface area (TPSA) is 38.7 Å². The number of rotatable bonds is 7. The summed E-state index contributed by atoms with van der Waals surface area (Å²) in [5.74, 6) is 1.67. The van der Waals surface area contributed by atoms with Crippen LogP contribution in [0.3, 0.4) is 0 Å². The van der Waals surface area contributed by atoms with Crippen molar-refractivity contribution in [3.05, 3.63) is 24.3 Å². The molecule has 1 unspecified atom stereocenters. The van der Waals surface area contributed by atoms with E-state index in [0.717, 1.165) is 24.3 Å². The summed E-state index contributed by atoms with van der Waals surface area (Å²) in [6, 6.07) is 7.55. The van der Waals surface area contributed by atoms with Crippen LogP contribution in [-0.2, 0) is 0 Å². The summed E-state index contributed by atoms with van der Waals surface area (Å²) in [7, 11) is 1.62. The fourth-order valence-corrected chi connectivity index (χ4v) is 1.58. The number of hydrogen-bond acceptors (Lipinski definition) is 3. The molecule has 0 spiro atoms. The average molecular weight is 224 g/mol. The normalized spacial score (nSPS) is 12.2. The number of hydrogen-bond donors (Lipinski definition) is 1. The molecule has 1 atom stereocenters. The van der Waals surface area contributed by atoms with Crippen LogP contribution in [0.1, 0.15) is 19.8 Å². The second-order valence-corrected chi connectivity index (χ2v) is 3.80. The van der Waals surface area contributed by atoms with Gasteiger partial charge < -0.3 is 14.6 Å². The van der Waals surface area contributed by atoms with E-state index in [1.165, 1.54) is 0 Å². The van der Waals surface area contributed by atoms with Gasteiger partial charge in [-0.1, -0.05) is 25.5 Å².